The van der Waals surface area contributed by atoms with Gasteiger partial charge in [0.2, 0.25) is 5.91 Å². The number of carbonyl (C=O) groups excluding carboxylic acids is 3. The molecule has 1 heterocycles. The maximum absolute atomic E-state index is 12.8. The van der Waals surface area contributed by atoms with Crippen molar-refractivity contribution in [1.82, 2.24) is 15.5 Å². The van der Waals surface area contributed by atoms with E-state index in [-0.39, 0.29) is 18.4 Å². The molecule has 1 saturated heterocycles. The number of benzene rings is 1. The third-order valence-corrected chi connectivity index (χ3v) is 5.72. The van der Waals surface area contributed by atoms with Gasteiger partial charge in [-0.25, -0.2) is 4.79 Å². The Labute approximate surface area is 160 Å². The van der Waals surface area contributed by atoms with Crippen molar-refractivity contribution in [1.29, 1.82) is 0 Å². The van der Waals surface area contributed by atoms with E-state index >= 15 is 0 Å². The number of hydrogen-bond donors (Lipinski definition) is 2. The van der Waals surface area contributed by atoms with Crippen LogP contribution in [0.1, 0.15) is 51.0 Å². The Bertz CT molecular complexity index is 685. The summed E-state index contributed by atoms with van der Waals surface area (Å²) < 4.78 is 0. The zero-order chi connectivity index (χ0) is 19.3. The third-order valence-electron chi connectivity index (χ3n) is 5.72. The molecule has 1 aliphatic heterocycles. The standard InChI is InChI=1S/C21H29N3O3/c1-21(13-12-16-8-4-2-5-9-16)19(26)24(20(27)23-21)15-18(25)22-14-17-10-6-3-7-11-17/h2,4-5,8-9,17H,3,6-7,10-15H2,1H3,(H,22,25)(H,23,27)/t21-/m0/s1. The maximum atomic E-state index is 12.8. The van der Waals surface area contributed by atoms with Gasteiger partial charge in [0.15, 0.2) is 0 Å². The van der Waals surface area contributed by atoms with Gasteiger partial charge in [-0.2, -0.15) is 0 Å². The van der Waals surface area contributed by atoms with Gasteiger partial charge in [0.1, 0.15) is 12.1 Å². The zero-order valence-electron chi connectivity index (χ0n) is 16.0. The summed E-state index contributed by atoms with van der Waals surface area (Å²) in [7, 11) is 0. The van der Waals surface area contributed by atoms with Crippen LogP contribution >= 0.6 is 0 Å². The minimum atomic E-state index is -0.962. The Morgan fingerprint density at radius 3 is 2.59 bits per heavy atom. The van der Waals surface area contributed by atoms with Crippen LogP contribution < -0.4 is 10.6 Å². The molecule has 1 atom stereocenters. The second-order valence-corrected chi connectivity index (χ2v) is 7.95. The van der Waals surface area contributed by atoms with Crippen LogP contribution in [0.25, 0.3) is 0 Å². The maximum Gasteiger partial charge on any atom is 0.325 e. The summed E-state index contributed by atoms with van der Waals surface area (Å²) >= 11 is 0. The van der Waals surface area contributed by atoms with E-state index < -0.39 is 11.6 Å². The topological polar surface area (TPSA) is 78.5 Å². The number of carbonyl (C=O) groups is 3. The second kappa shape index (κ2) is 8.55. The highest BCUT2D eigenvalue weighted by molar-refractivity contribution is 6.08. The Morgan fingerprint density at radius 1 is 1.19 bits per heavy atom. The lowest BCUT2D eigenvalue weighted by atomic mass is 9.89. The van der Waals surface area contributed by atoms with E-state index in [1.165, 1.54) is 19.3 Å². The van der Waals surface area contributed by atoms with Crippen LogP contribution in [0.15, 0.2) is 30.3 Å². The number of nitrogens with one attached hydrogen (secondary N) is 2. The summed E-state index contributed by atoms with van der Waals surface area (Å²) in [6, 6.07) is 9.37. The third kappa shape index (κ3) is 4.87. The van der Waals surface area contributed by atoms with E-state index in [9.17, 15) is 14.4 Å². The van der Waals surface area contributed by atoms with Crippen LogP contribution in [0.4, 0.5) is 4.79 Å². The number of aryl methyl sites for hydroxylation is 1. The molecule has 1 aromatic rings. The minimum Gasteiger partial charge on any atom is -0.354 e. The van der Waals surface area contributed by atoms with Gasteiger partial charge in [-0.05, 0) is 44.1 Å². The van der Waals surface area contributed by atoms with Crippen molar-refractivity contribution in [2.45, 2.75) is 57.4 Å². The van der Waals surface area contributed by atoms with Gasteiger partial charge >= 0.3 is 6.03 Å². The molecule has 0 spiro atoms. The van der Waals surface area contributed by atoms with Gasteiger partial charge in [-0.1, -0.05) is 49.6 Å². The molecule has 6 nitrogen and oxygen atoms in total. The Balaban J connectivity index is 1.51. The lowest BCUT2D eigenvalue weighted by Crippen LogP contribution is -2.45. The monoisotopic (exact) mass is 371 g/mol. The first-order valence-corrected chi connectivity index (χ1v) is 9.93. The first-order valence-electron chi connectivity index (χ1n) is 9.93. The Hall–Kier alpha value is -2.37. The Morgan fingerprint density at radius 2 is 1.89 bits per heavy atom. The molecule has 6 heteroatoms. The van der Waals surface area contributed by atoms with Crippen molar-refractivity contribution >= 4 is 17.8 Å². The summed E-state index contributed by atoms with van der Waals surface area (Å²) in [5.74, 6) is -0.0745. The zero-order valence-corrected chi connectivity index (χ0v) is 16.0. The molecule has 0 bridgehead atoms. The number of urea groups is 1. The fourth-order valence-electron chi connectivity index (χ4n) is 3.95. The van der Waals surface area contributed by atoms with Gasteiger partial charge in [-0.15, -0.1) is 0 Å². The van der Waals surface area contributed by atoms with Crippen molar-refractivity contribution < 1.29 is 14.4 Å². The van der Waals surface area contributed by atoms with Gasteiger partial charge < -0.3 is 10.6 Å². The molecular formula is C21H29N3O3. The molecule has 0 unspecified atom stereocenters. The molecule has 1 aromatic carbocycles. The van der Waals surface area contributed by atoms with E-state index in [0.29, 0.717) is 25.3 Å². The molecule has 1 aliphatic carbocycles. The molecule has 2 aliphatic rings. The number of hydrogen-bond acceptors (Lipinski definition) is 3. The first kappa shape index (κ1) is 19.4. The fourth-order valence-corrected chi connectivity index (χ4v) is 3.95. The lowest BCUT2D eigenvalue weighted by molar-refractivity contribution is -0.134. The summed E-state index contributed by atoms with van der Waals surface area (Å²) in [4.78, 5) is 38.3. The number of nitrogens with zero attached hydrogens (tertiary/aromatic N) is 1. The minimum absolute atomic E-state index is 0.210. The molecule has 4 amide bonds. The van der Waals surface area contributed by atoms with Crippen LogP contribution in [0.5, 0.6) is 0 Å². The summed E-state index contributed by atoms with van der Waals surface area (Å²) in [6.45, 7) is 2.15. The van der Waals surface area contributed by atoms with Crippen LogP contribution in [0.3, 0.4) is 0 Å². The normalized spacial score (nSPS) is 23.4. The fraction of sp³-hybridized carbons (Fsp3) is 0.571. The first-order chi connectivity index (χ1) is 13.0. The highest BCUT2D eigenvalue weighted by Gasteiger charge is 2.47. The number of imide groups is 1. The van der Waals surface area contributed by atoms with E-state index in [0.717, 1.165) is 23.3 Å². The SMILES string of the molecule is C[C@@]1(CCc2ccccc2)NC(=O)N(CC(=O)NCC2CCCCC2)C1=O. The average Bonchev–Trinajstić information content (AvgIpc) is 2.90. The van der Waals surface area contributed by atoms with E-state index in [4.69, 9.17) is 0 Å². The van der Waals surface area contributed by atoms with Crippen molar-refractivity contribution in [2.75, 3.05) is 13.1 Å². The van der Waals surface area contributed by atoms with Crippen LogP contribution in [-0.2, 0) is 16.0 Å². The highest BCUT2D eigenvalue weighted by atomic mass is 16.2. The van der Waals surface area contributed by atoms with Gasteiger partial charge in [-0.3, -0.25) is 14.5 Å². The van der Waals surface area contributed by atoms with Crippen molar-refractivity contribution in [3.05, 3.63) is 35.9 Å². The van der Waals surface area contributed by atoms with E-state index in [1.54, 1.807) is 6.92 Å². The van der Waals surface area contributed by atoms with E-state index in [1.807, 2.05) is 30.3 Å². The second-order valence-electron chi connectivity index (χ2n) is 7.95. The van der Waals surface area contributed by atoms with Crippen LogP contribution in [0, 0.1) is 5.92 Å². The van der Waals surface area contributed by atoms with Gasteiger partial charge in [0.25, 0.3) is 5.91 Å². The largest absolute Gasteiger partial charge is 0.354 e. The molecule has 146 valence electrons. The van der Waals surface area contributed by atoms with Crippen molar-refractivity contribution in [3.8, 4) is 0 Å². The summed E-state index contributed by atoms with van der Waals surface area (Å²) in [6.07, 6.45) is 7.17. The van der Waals surface area contributed by atoms with Crippen molar-refractivity contribution in [3.63, 3.8) is 0 Å². The molecular weight excluding hydrogens is 342 g/mol. The molecule has 2 fully saturated rings. The molecule has 3 rings (SSSR count). The molecule has 0 aromatic heterocycles. The van der Waals surface area contributed by atoms with Gasteiger partial charge in [0, 0.05) is 6.54 Å². The predicted molar refractivity (Wildman–Crippen MR) is 103 cm³/mol. The molecule has 27 heavy (non-hydrogen) atoms. The number of rotatable bonds is 7. The highest BCUT2D eigenvalue weighted by Crippen LogP contribution is 2.24. The van der Waals surface area contributed by atoms with Crippen LogP contribution in [0.2, 0.25) is 0 Å². The van der Waals surface area contributed by atoms with E-state index in [2.05, 4.69) is 10.6 Å². The molecule has 1 saturated carbocycles. The van der Waals surface area contributed by atoms with Crippen molar-refractivity contribution in [2.24, 2.45) is 5.92 Å². The molecule has 0 radical (unpaired) electrons. The summed E-state index contributed by atoms with van der Waals surface area (Å²) in [5, 5.41) is 5.66. The predicted octanol–water partition coefficient (Wildman–Crippen LogP) is 2.63. The van der Waals surface area contributed by atoms with Gasteiger partial charge in [0.05, 0.1) is 0 Å². The smallest absolute Gasteiger partial charge is 0.325 e. The van der Waals surface area contributed by atoms with Crippen LogP contribution in [-0.4, -0.2) is 41.4 Å². The lowest BCUT2D eigenvalue weighted by Gasteiger charge is -2.23. The number of amides is 4. The Kier molecular flexibility index (Phi) is 6.14. The quantitative estimate of drug-likeness (QED) is 0.723. The average molecular weight is 371 g/mol. The molecule has 2 N–H and O–H groups in total. The summed E-state index contributed by atoms with van der Waals surface area (Å²) in [5.41, 5.74) is 0.153.